The minimum Gasteiger partial charge on any atom is -0.480 e. The van der Waals surface area contributed by atoms with Crippen LogP contribution in [0.25, 0.3) is 0 Å². The van der Waals surface area contributed by atoms with E-state index in [0.717, 1.165) is 0 Å². The first-order chi connectivity index (χ1) is 5.76. The van der Waals surface area contributed by atoms with Crippen molar-refractivity contribution in [1.82, 2.24) is 0 Å². The van der Waals surface area contributed by atoms with Gasteiger partial charge in [-0.1, -0.05) is 0 Å². The number of ether oxygens (including phenoxy) is 1. The van der Waals surface area contributed by atoms with Crippen LogP contribution in [-0.2, 0) is 9.53 Å². The lowest BCUT2D eigenvalue weighted by Crippen LogP contribution is -2.49. The van der Waals surface area contributed by atoms with Crippen LogP contribution in [-0.4, -0.2) is 35.5 Å². The summed E-state index contributed by atoms with van der Waals surface area (Å²) >= 11 is 0. The lowest BCUT2D eigenvalue weighted by molar-refractivity contribution is -0.206. The summed E-state index contributed by atoms with van der Waals surface area (Å²) in [6, 6.07) is 0. The van der Waals surface area contributed by atoms with E-state index in [1.807, 2.05) is 0 Å². The van der Waals surface area contributed by atoms with Crippen molar-refractivity contribution in [1.29, 1.82) is 0 Å². The first-order valence-electron chi connectivity index (χ1n) is 3.46. The van der Waals surface area contributed by atoms with Crippen molar-refractivity contribution in [2.24, 2.45) is 5.73 Å². The number of hydrogen-bond acceptors (Lipinski definition) is 3. The molecule has 0 aliphatic carbocycles. The second kappa shape index (κ2) is 3.92. The van der Waals surface area contributed by atoms with Crippen LogP contribution in [0, 0.1) is 0 Å². The molecule has 0 aromatic carbocycles. The van der Waals surface area contributed by atoms with Gasteiger partial charge in [-0.3, -0.25) is 4.79 Å². The van der Waals surface area contributed by atoms with Gasteiger partial charge in [-0.25, -0.2) is 0 Å². The molecular weight excluding hydrogens is 227 g/mol. The highest BCUT2D eigenvalue weighted by Crippen LogP contribution is 2.33. The fraction of sp³-hybridized carbons (Fsp3) is 0.833. The molecule has 3 N–H and O–H groups in total. The number of hydrogen-bond donors (Lipinski definition) is 2. The third-order valence-electron chi connectivity index (χ3n) is 1.88. The highest BCUT2D eigenvalue weighted by molar-refractivity contribution is 5.85. The molecule has 0 aromatic heterocycles. The number of rotatable bonds is 1. The summed E-state index contributed by atoms with van der Waals surface area (Å²) in [5, 5.41) is 8.48. The van der Waals surface area contributed by atoms with Gasteiger partial charge >= 0.3 is 12.1 Å². The van der Waals surface area contributed by atoms with Gasteiger partial charge in [-0.05, 0) is 0 Å². The van der Waals surface area contributed by atoms with E-state index in [2.05, 4.69) is 4.74 Å². The summed E-state index contributed by atoms with van der Waals surface area (Å²) in [5.41, 5.74) is 3.26. The molecule has 84 valence electrons. The summed E-state index contributed by atoms with van der Waals surface area (Å²) in [6.07, 6.45) is -7.34. The molecule has 2 atom stereocenters. The van der Waals surface area contributed by atoms with Crippen molar-refractivity contribution in [3.63, 3.8) is 0 Å². The molecule has 14 heavy (non-hydrogen) atoms. The molecule has 1 heterocycles. The summed E-state index contributed by atoms with van der Waals surface area (Å²) in [7, 11) is 0. The van der Waals surface area contributed by atoms with Crippen LogP contribution in [0.5, 0.6) is 0 Å². The van der Waals surface area contributed by atoms with Gasteiger partial charge in [0.25, 0.3) is 0 Å². The molecule has 0 unspecified atom stereocenters. The van der Waals surface area contributed by atoms with E-state index in [0.29, 0.717) is 0 Å². The largest absolute Gasteiger partial charge is 0.480 e. The molecule has 1 fully saturated rings. The normalized spacial score (nSPS) is 32.4. The van der Waals surface area contributed by atoms with Crippen LogP contribution in [0.1, 0.15) is 6.42 Å². The van der Waals surface area contributed by atoms with E-state index >= 15 is 0 Å². The zero-order valence-electron chi connectivity index (χ0n) is 6.87. The maximum Gasteiger partial charge on any atom is 0.414 e. The van der Waals surface area contributed by atoms with Crippen LogP contribution in [0.15, 0.2) is 0 Å². The van der Waals surface area contributed by atoms with Gasteiger partial charge in [-0.15, -0.1) is 12.4 Å². The molecule has 0 aromatic rings. The van der Waals surface area contributed by atoms with Crippen molar-refractivity contribution < 1.29 is 27.8 Å². The smallest absolute Gasteiger partial charge is 0.414 e. The average molecular weight is 236 g/mol. The molecule has 0 saturated carbocycles. The number of carboxylic acids is 1. The summed E-state index contributed by atoms with van der Waals surface area (Å²) in [5.74, 6) is -1.47. The van der Waals surface area contributed by atoms with Gasteiger partial charge in [0.05, 0.1) is 6.61 Å². The molecule has 1 aliphatic rings. The predicted octanol–water partition coefficient (Wildman–Crippen LogP) is 0.541. The fourth-order valence-electron chi connectivity index (χ4n) is 1.06. The monoisotopic (exact) mass is 235 g/mol. The Balaban J connectivity index is 0.00000169. The minimum absolute atomic E-state index is 0. The molecule has 0 radical (unpaired) electrons. The van der Waals surface area contributed by atoms with Crippen LogP contribution in [0.3, 0.4) is 0 Å². The topological polar surface area (TPSA) is 72.6 Å². The first kappa shape index (κ1) is 13.5. The maximum atomic E-state index is 12.0. The van der Waals surface area contributed by atoms with Crippen molar-refractivity contribution in [3.8, 4) is 0 Å². The first-order valence-corrected chi connectivity index (χ1v) is 3.46. The van der Waals surface area contributed by atoms with Gasteiger partial charge in [0.1, 0.15) is 5.54 Å². The fourth-order valence-corrected chi connectivity index (χ4v) is 1.06. The second-order valence-electron chi connectivity index (χ2n) is 3.01. The van der Waals surface area contributed by atoms with Crippen molar-refractivity contribution >= 4 is 18.4 Å². The number of halogens is 4. The van der Waals surface area contributed by atoms with E-state index in [4.69, 9.17) is 10.8 Å². The Hall–Kier alpha value is -0.530. The minimum atomic E-state index is -4.55. The molecule has 1 saturated heterocycles. The van der Waals surface area contributed by atoms with E-state index in [-0.39, 0.29) is 12.4 Å². The Morgan fingerprint density at radius 1 is 1.57 bits per heavy atom. The number of nitrogens with two attached hydrogens (primary N) is 1. The number of aliphatic carboxylic acids is 1. The van der Waals surface area contributed by atoms with Gasteiger partial charge in [0.15, 0.2) is 6.10 Å². The second-order valence-corrected chi connectivity index (χ2v) is 3.01. The van der Waals surface area contributed by atoms with Gasteiger partial charge in [0.2, 0.25) is 0 Å². The standard InChI is InChI=1S/C6H8F3NO3.ClH/c7-6(8,9)3-1-5(10,2-13-3)4(11)12;/h3H,1-2,10H2,(H,11,12);1H/t3-,5-;/m0./s1. The predicted molar refractivity (Wildman–Crippen MR) is 42.2 cm³/mol. The Labute approximate surface area is 83.6 Å². The van der Waals surface area contributed by atoms with Gasteiger partial charge in [-0.2, -0.15) is 13.2 Å². The van der Waals surface area contributed by atoms with Crippen molar-refractivity contribution in [2.75, 3.05) is 6.61 Å². The molecule has 8 heteroatoms. The molecular formula is C6H9ClF3NO3. The SMILES string of the molecule is Cl.N[C@]1(C(=O)O)CO[C@H](C(F)(F)F)C1. The van der Waals surface area contributed by atoms with E-state index < -0.39 is 36.8 Å². The molecule has 0 spiro atoms. The summed E-state index contributed by atoms with van der Waals surface area (Å²) < 4.78 is 40.2. The van der Waals surface area contributed by atoms with E-state index in [9.17, 15) is 18.0 Å². The zero-order valence-corrected chi connectivity index (χ0v) is 7.69. The van der Waals surface area contributed by atoms with E-state index in [1.54, 1.807) is 0 Å². The van der Waals surface area contributed by atoms with Crippen LogP contribution in [0.4, 0.5) is 13.2 Å². The van der Waals surface area contributed by atoms with E-state index in [1.165, 1.54) is 0 Å². The molecule has 1 aliphatic heterocycles. The molecule has 0 bridgehead atoms. The Morgan fingerprint density at radius 3 is 2.29 bits per heavy atom. The lowest BCUT2D eigenvalue weighted by atomic mass is 9.97. The summed E-state index contributed by atoms with van der Waals surface area (Å²) in [6.45, 7) is -0.605. The van der Waals surface area contributed by atoms with Crippen LogP contribution in [0.2, 0.25) is 0 Å². The Bertz CT molecular complexity index is 235. The average Bonchev–Trinajstić information content (AvgIpc) is 2.31. The zero-order chi connectivity index (χ0) is 10.3. The van der Waals surface area contributed by atoms with Gasteiger partial charge < -0.3 is 15.6 Å². The lowest BCUT2D eigenvalue weighted by Gasteiger charge is -2.16. The van der Waals surface area contributed by atoms with Crippen LogP contribution < -0.4 is 5.73 Å². The Morgan fingerprint density at radius 2 is 2.07 bits per heavy atom. The number of alkyl halides is 3. The third kappa shape index (κ3) is 2.49. The number of carboxylic acid groups (broad SMARTS) is 1. The molecule has 4 nitrogen and oxygen atoms in total. The summed E-state index contributed by atoms with van der Waals surface area (Å²) in [4.78, 5) is 10.4. The van der Waals surface area contributed by atoms with Gasteiger partial charge in [0, 0.05) is 6.42 Å². The Kier molecular flexibility index (Phi) is 3.77. The molecule has 0 amide bonds. The number of carbonyl (C=O) groups is 1. The van der Waals surface area contributed by atoms with Crippen molar-refractivity contribution in [2.45, 2.75) is 24.2 Å². The highest BCUT2D eigenvalue weighted by Gasteiger charge is 2.53. The third-order valence-corrected chi connectivity index (χ3v) is 1.88. The van der Waals surface area contributed by atoms with Crippen molar-refractivity contribution in [3.05, 3.63) is 0 Å². The quantitative estimate of drug-likeness (QED) is 0.696. The molecule has 1 rings (SSSR count). The highest BCUT2D eigenvalue weighted by atomic mass is 35.5. The maximum absolute atomic E-state index is 12.0. The van der Waals surface area contributed by atoms with Crippen LogP contribution >= 0.6 is 12.4 Å².